The van der Waals surface area contributed by atoms with Crippen LogP contribution in [-0.4, -0.2) is 22.3 Å². The second-order valence-corrected chi connectivity index (χ2v) is 5.87. The van der Waals surface area contributed by atoms with E-state index in [0.717, 1.165) is 10.8 Å². The molecule has 4 aromatic rings. The Bertz CT molecular complexity index is 1280. The van der Waals surface area contributed by atoms with E-state index < -0.39 is 11.5 Å². The molecule has 4 rings (SSSR count). The molecule has 1 heterocycles. The quantitative estimate of drug-likeness (QED) is 0.173. The van der Waals surface area contributed by atoms with Crippen LogP contribution in [0, 0.1) is 0 Å². The van der Waals surface area contributed by atoms with Crippen molar-refractivity contribution in [3.63, 3.8) is 0 Å². The minimum absolute atomic E-state index is 0. The van der Waals surface area contributed by atoms with E-state index in [1.807, 2.05) is 24.3 Å². The number of nitrogens with zero attached hydrogens (tertiary/aromatic N) is 2. The van der Waals surface area contributed by atoms with Crippen LogP contribution in [-0.2, 0) is 16.5 Å². The van der Waals surface area contributed by atoms with Crippen LogP contribution in [0.3, 0.4) is 0 Å². The summed E-state index contributed by atoms with van der Waals surface area (Å²) in [6.45, 7) is 0. The number of hydrogen-bond donors (Lipinski definition) is 2. The molecule has 0 saturated heterocycles. The van der Waals surface area contributed by atoms with Crippen LogP contribution >= 0.6 is 0 Å². The molecule has 0 fully saturated rings. The maximum absolute atomic E-state index is 12.0. The number of fused-ring (bicyclic) bond motifs is 2. The summed E-state index contributed by atoms with van der Waals surface area (Å²) in [4.78, 5) is 12.0. The van der Waals surface area contributed by atoms with E-state index in [4.69, 9.17) is 4.42 Å². The Morgan fingerprint density at radius 2 is 1.68 bits per heavy atom. The predicted molar refractivity (Wildman–Crippen MR) is 105 cm³/mol. The average Bonchev–Trinajstić information content (AvgIpc) is 2.69. The zero-order chi connectivity index (χ0) is 18.8. The fourth-order valence-electron chi connectivity index (χ4n) is 2.83. The number of aromatic hydroxyl groups is 1. The van der Waals surface area contributed by atoms with Crippen molar-refractivity contribution >= 4 is 33.9 Å². The molecule has 6 nitrogen and oxygen atoms in total. The number of para-hydroxylation sites is 1. The van der Waals surface area contributed by atoms with Crippen molar-refractivity contribution in [2.24, 2.45) is 10.2 Å². The Balaban J connectivity index is 0.00000225. The second kappa shape index (κ2) is 8.07. The molecule has 142 valence electrons. The maximum atomic E-state index is 12.0. The molecule has 3 aromatic carbocycles. The van der Waals surface area contributed by atoms with Crippen molar-refractivity contribution in [3.05, 3.63) is 88.3 Å². The monoisotopic (exact) mass is 416 g/mol. The molecule has 0 spiro atoms. The Labute approximate surface area is 169 Å². The second-order valence-electron chi connectivity index (χ2n) is 5.87. The standard InChI is InChI=1S/C21H14N2O4.Ni/c24-18-10-9-13-5-1-3-7-15(13)17(18)12-22-23-20(25)16-11-14-6-2-4-8-19(14)27-21(16)26;/h1-12,24H,(H,23,25);/b22-12+;. The third-order valence-electron chi connectivity index (χ3n) is 4.17. The van der Waals surface area contributed by atoms with Crippen LogP contribution in [0.5, 0.6) is 5.75 Å². The van der Waals surface area contributed by atoms with Crippen LogP contribution in [0.25, 0.3) is 21.7 Å². The number of rotatable bonds is 3. The Hall–Kier alpha value is -3.44. The van der Waals surface area contributed by atoms with Crippen LogP contribution in [0.4, 0.5) is 0 Å². The third kappa shape index (κ3) is 3.66. The van der Waals surface area contributed by atoms with Gasteiger partial charge in [0.1, 0.15) is 16.9 Å². The van der Waals surface area contributed by atoms with Crippen LogP contribution < -0.4 is 5.63 Å². The first-order valence-electron chi connectivity index (χ1n) is 8.17. The van der Waals surface area contributed by atoms with Crippen molar-refractivity contribution in [2.45, 2.75) is 0 Å². The molecule has 1 aromatic heterocycles. The van der Waals surface area contributed by atoms with Gasteiger partial charge in [0.05, 0.1) is 6.21 Å². The van der Waals surface area contributed by atoms with Crippen molar-refractivity contribution in [3.8, 4) is 5.75 Å². The summed E-state index contributed by atoms with van der Waals surface area (Å²) in [5, 5.41) is 30.1. The Morgan fingerprint density at radius 3 is 2.50 bits per heavy atom. The maximum Gasteiger partial charge on any atom is 0.349 e. The first-order chi connectivity index (χ1) is 13.1. The van der Waals surface area contributed by atoms with E-state index in [-0.39, 0.29) is 27.8 Å². The SMILES string of the molecule is O=c1oc2ccccc2cc1/C(O)=N/N=C/c1c(O)ccc2ccccc12.[Ni]. The molecule has 0 atom stereocenters. The number of phenols is 1. The van der Waals surface area contributed by atoms with Crippen molar-refractivity contribution in [1.82, 2.24) is 0 Å². The number of phenolic OH excluding ortho intramolecular Hbond substituents is 1. The first-order valence-corrected chi connectivity index (χ1v) is 8.17. The van der Waals surface area contributed by atoms with E-state index in [2.05, 4.69) is 10.2 Å². The molecule has 28 heavy (non-hydrogen) atoms. The summed E-state index contributed by atoms with van der Waals surface area (Å²) in [5.41, 5.74) is 0.0876. The summed E-state index contributed by atoms with van der Waals surface area (Å²) in [6, 6.07) is 19.3. The van der Waals surface area contributed by atoms with Gasteiger partial charge in [0.25, 0.3) is 0 Å². The van der Waals surface area contributed by atoms with E-state index in [0.29, 0.717) is 16.5 Å². The molecule has 0 aliphatic carbocycles. The van der Waals surface area contributed by atoms with Crippen LogP contribution in [0.15, 0.2) is 86.1 Å². The van der Waals surface area contributed by atoms with Gasteiger partial charge in [-0.3, -0.25) is 0 Å². The van der Waals surface area contributed by atoms with E-state index >= 15 is 0 Å². The molecule has 7 heteroatoms. The number of benzene rings is 3. The van der Waals surface area contributed by atoms with Gasteiger partial charge in [-0.25, -0.2) is 4.79 Å². The zero-order valence-electron chi connectivity index (χ0n) is 14.3. The molecule has 0 unspecified atom stereocenters. The Morgan fingerprint density at radius 1 is 0.964 bits per heavy atom. The van der Waals surface area contributed by atoms with Gasteiger partial charge >= 0.3 is 5.63 Å². The summed E-state index contributed by atoms with van der Waals surface area (Å²) in [7, 11) is 0. The summed E-state index contributed by atoms with van der Waals surface area (Å²) < 4.78 is 5.17. The van der Waals surface area contributed by atoms with Gasteiger partial charge in [-0.1, -0.05) is 48.5 Å². The topological polar surface area (TPSA) is 95.4 Å². The van der Waals surface area contributed by atoms with Gasteiger partial charge in [-0.15, -0.1) is 5.10 Å². The van der Waals surface area contributed by atoms with Gasteiger partial charge in [0.15, 0.2) is 0 Å². The summed E-state index contributed by atoms with van der Waals surface area (Å²) in [6.07, 6.45) is 1.33. The van der Waals surface area contributed by atoms with Gasteiger partial charge in [-0.2, -0.15) is 5.10 Å². The normalized spacial score (nSPS) is 11.8. The summed E-state index contributed by atoms with van der Waals surface area (Å²) >= 11 is 0. The molecule has 0 aliphatic rings. The molecular weight excluding hydrogens is 403 g/mol. The minimum Gasteiger partial charge on any atom is -0.507 e. The Kier molecular flexibility index (Phi) is 5.57. The number of hydrogen-bond acceptors (Lipinski definition) is 5. The third-order valence-corrected chi connectivity index (χ3v) is 4.17. The molecule has 0 aliphatic heterocycles. The van der Waals surface area contributed by atoms with Crippen molar-refractivity contribution < 1.29 is 31.1 Å². The minimum atomic E-state index is -0.710. The molecule has 0 bridgehead atoms. The van der Waals surface area contributed by atoms with E-state index in [1.165, 1.54) is 12.3 Å². The van der Waals surface area contributed by atoms with E-state index in [1.54, 1.807) is 36.4 Å². The smallest absolute Gasteiger partial charge is 0.349 e. The largest absolute Gasteiger partial charge is 0.507 e. The summed E-state index contributed by atoms with van der Waals surface area (Å²) in [5.74, 6) is -0.525. The van der Waals surface area contributed by atoms with Crippen molar-refractivity contribution in [2.75, 3.05) is 0 Å². The van der Waals surface area contributed by atoms with Gasteiger partial charge in [0.2, 0.25) is 5.90 Å². The van der Waals surface area contributed by atoms with E-state index in [9.17, 15) is 15.0 Å². The van der Waals surface area contributed by atoms with Gasteiger partial charge in [0, 0.05) is 27.4 Å². The van der Waals surface area contributed by atoms with Gasteiger partial charge < -0.3 is 14.6 Å². The molecular formula is C21H14N2NiO4. The average molecular weight is 417 g/mol. The zero-order valence-corrected chi connectivity index (χ0v) is 15.3. The number of aliphatic hydroxyl groups excluding tert-OH is 1. The van der Waals surface area contributed by atoms with Crippen LogP contribution in [0.2, 0.25) is 0 Å². The fourth-order valence-corrected chi connectivity index (χ4v) is 2.83. The fraction of sp³-hybridized carbons (Fsp3) is 0. The predicted octanol–water partition coefficient (Wildman–Crippen LogP) is 3.99. The molecule has 0 radical (unpaired) electrons. The van der Waals surface area contributed by atoms with Crippen LogP contribution in [0.1, 0.15) is 11.1 Å². The number of aliphatic hydroxyl groups is 1. The first kappa shape index (κ1) is 19.3. The van der Waals surface area contributed by atoms with Crippen molar-refractivity contribution in [1.29, 1.82) is 0 Å². The molecule has 0 amide bonds. The molecule has 2 N–H and O–H groups in total. The molecule has 0 saturated carbocycles. The van der Waals surface area contributed by atoms with Gasteiger partial charge in [-0.05, 0) is 29.0 Å².